The van der Waals surface area contributed by atoms with E-state index in [0.29, 0.717) is 19.6 Å². The van der Waals surface area contributed by atoms with Gasteiger partial charge in [-0.2, -0.15) is 0 Å². The maximum absolute atomic E-state index is 12.6. The zero-order valence-electron chi connectivity index (χ0n) is 18.1. The summed E-state index contributed by atoms with van der Waals surface area (Å²) < 4.78 is 5.42. The second-order valence-corrected chi connectivity index (χ2v) is 8.51. The van der Waals surface area contributed by atoms with Crippen molar-refractivity contribution in [3.8, 4) is 0 Å². The van der Waals surface area contributed by atoms with E-state index in [1.54, 1.807) is 0 Å². The fourth-order valence-corrected chi connectivity index (χ4v) is 3.93. The Morgan fingerprint density at radius 3 is 2.70 bits per heavy atom. The van der Waals surface area contributed by atoms with Crippen LogP contribution < -0.4 is 10.6 Å². The van der Waals surface area contributed by atoms with Crippen molar-refractivity contribution in [3.05, 3.63) is 42.0 Å². The smallest absolute Gasteiger partial charge is 0.237 e. The van der Waals surface area contributed by atoms with Gasteiger partial charge < -0.3 is 15.4 Å². The van der Waals surface area contributed by atoms with Crippen LogP contribution in [0, 0.1) is 0 Å². The van der Waals surface area contributed by atoms with Crippen molar-refractivity contribution < 1.29 is 14.3 Å². The van der Waals surface area contributed by atoms with E-state index in [1.165, 1.54) is 0 Å². The lowest BCUT2D eigenvalue weighted by Gasteiger charge is -2.41. The number of nitrogens with zero attached hydrogens (tertiary/aromatic N) is 2. The molecule has 0 aliphatic carbocycles. The molecule has 2 saturated heterocycles. The number of hydrogen-bond donors (Lipinski definition) is 2. The van der Waals surface area contributed by atoms with Crippen LogP contribution in [-0.2, 0) is 14.3 Å². The number of nitrogens with one attached hydrogen (secondary N) is 2. The standard InChI is InChI=1S/C23H34N4O3/c1-23(2,27-13-15-30-16-14-27)18-25-21(28)17-20-22(29)24-10-12-26(20)11-6-9-19-7-4-3-5-8-19/h3-9,20H,10-18H2,1-2H3,(H,24,29)(H,25,28)/b9-6+/t20-/m1/s1. The van der Waals surface area contributed by atoms with Gasteiger partial charge in [-0.1, -0.05) is 42.5 Å². The minimum atomic E-state index is -0.439. The molecule has 7 heteroatoms. The second-order valence-electron chi connectivity index (χ2n) is 8.51. The van der Waals surface area contributed by atoms with Crippen LogP contribution in [-0.4, -0.2) is 85.7 Å². The molecule has 0 unspecified atom stereocenters. The maximum atomic E-state index is 12.6. The number of benzene rings is 1. The molecule has 0 radical (unpaired) electrons. The van der Waals surface area contributed by atoms with E-state index in [4.69, 9.17) is 4.74 Å². The third-order valence-electron chi connectivity index (χ3n) is 5.86. The van der Waals surface area contributed by atoms with Gasteiger partial charge >= 0.3 is 0 Å². The van der Waals surface area contributed by atoms with E-state index in [2.05, 4.69) is 46.4 Å². The zero-order valence-corrected chi connectivity index (χ0v) is 18.1. The fourth-order valence-electron chi connectivity index (χ4n) is 3.93. The number of hydrogen-bond acceptors (Lipinski definition) is 5. The molecule has 30 heavy (non-hydrogen) atoms. The van der Waals surface area contributed by atoms with Crippen molar-refractivity contribution in [2.24, 2.45) is 0 Å². The molecule has 0 bridgehead atoms. The van der Waals surface area contributed by atoms with Crippen LogP contribution in [0.3, 0.4) is 0 Å². The molecule has 2 amide bonds. The van der Waals surface area contributed by atoms with Crippen LogP contribution in [0.2, 0.25) is 0 Å². The largest absolute Gasteiger partial charge is 0.379 e. The Hall–Kier alpha value is -2.22. The Morgan fingerprint density at radius 2 is 1.97 bits per heavy atom. The SMILES string of the molecule is CC(C)(CNC(=O)C[C@@H]1C(=O)NCCN1C/C=C/c1ccccc1)N1CCOCC1. The van der Waals surface area contributed by atoms with E-state index in [1.807, 2.05) is 30.3 Å². The lowest BCUT2D eigenvalue weighted by atomic mass is 10.0. The Bertz CT molecular complexity index is 729. The summed E-state index contributed by atoms with van der Waals surface area (Å²) in [6, 6.07) is 9.63. The van der Waals surface area contributed by atoms with Gasteiger partial charge in [-0.3, -0.25) is 19.4 Å². The van der Waals surface area contributed by atoms with E-state index >= 15 is 0 Å². The van der Waals surface area contributed by atoms with E-state index in [0.717, 1.165) is 38.4 Å². The Balaban J connectivity index is 1.52. The summed E-state index contributed by atoms with van der Waals surface area (Å²) in [6.45, 7) is 10.00. The van der Waals surface area contributed by atoms with Crippen molar-refractivity contribution in [1.29, 1.82) is 0 Å². The van der Waals surface area contributed by atoms with Gasteiger partial charge in [0.1, 0.15) is 0 Å². The number of carbonyl (C=O) groups excluding carboxylic acids is 2. The molecule has 164 valence electrons. The Morgan fingerprint density at radius 1 is 1.23 bits per heavy atom. The van der Waals surface area contributed by atoms with Crippen LogP contribution in [0.15, 0.2) is 36.4 Å². The minimum Gasteiger partial charge on any atom is -0.379 e. The van der Waals surface area contributed by atoms with Crippen LogP contribution in [0.4, 0.5) is 0 Å². The first-order chi connectivity index (χ1) is 14.5. The molecule has 2 heterocycles. The highest BCUT2D eigenvalue weighted by molar-refractivity contribution is 5.88. The number of piperazine rings is 1. The molecule has 0 spiro atoms. The van der Waals surface area contributed by atoms with Gasteiger partial charge in [0, 0.05) is 44.8 Å². The third kappa shape index (κ3) is 6.39. The van der Waals surface area contributed by atoms with Crippen LogP contribution in [0.1, 0.15) is 25.8 Å². The van der Waals surface area contributed by atoms with Crippen molar-refractivity contribution in [2.75, 3.05) is 52.5 Å². The van der Waals surface area contributed by atoms with E-state index in [-0.39, 0.29) is 23.8 Å². The molecule has 1 atom stereocenters. The third-order valence-corrected chi connectivity index (χ3v) is 5.86. The van der Waals surface area contributed by atoms with Crippen molar-refractivity contribution in [1.82, 2.24) is 20.4 Å². The number of amides is 2. The first-order valence-electron chi connectivity index (χ1n) is 10.8. The van der Waals surface area contributed by atoms with Gasteiger partial charge in [0.15, 0.2) is 0 Å². The van der Waals surface area contributed by atoms with Crippen molar-refractivity contribution >= 4 is 17.9 Å². The summed E-state index contributed by atoms with van der Waals surface area (Å²) in [5.74, 6) is -0.160. The molecular weight excluding hydrogens is 380 g/mol. The zero-order chi connectivity index (χ0) is 21.4. The van der Waals surface area contributed by atoms with Gasteiger partial charge in [-0.15, -0.1) is 0 Å². The summed E-state index contributed by atoms with van der Waals surface area (Å²) in [4.78, 5) is 29.5. The molecule has 2 aliphatic rings. The molecule has 0 aromatic heterocycles. The van der Waals surface area contributed by atoms with Crippen LogP contribution >= 0.6 is 0 Å². The average Bonchev–Trinajstić information content (AvgIpc) is 2.76. The van der Waals surface area contributed by atoms with Gasteiger partial charge in [0.25, 0.3) is 0 Å². The van der Waals surface area contributed by atoms with Crippen molar-refractivity contribution in [3.63, 3.8) is 0 Å². The molecule has 2 N–H and O–H groups in total. The summed E-state index contributed by atoms with van der Waals surface area (Å²) in [7, 11) is 0. The topological polar surface area (TPSA) is 73.9 Å². The molecule has 0 saturated carbocycles. The summed E-state index contributed by atoms with van der Waals surface area (Å²) in [5, 5.41) is 5.94. The number of carbonyl (C=O) groups is 2. The molecule has 1 aromatic carbocycles. The highest BCUT2D eigenvalue weighted by Gasteiger charge is 2.32. The average molecular weight is 415 g/mol. The van der Waals surface area contributed by atoms with Gasteiger partial charge in [-0.05, 0) is 19.4 Å². The molecule has 1 aromatic rings. The number of ether oxygens (including phenoxy) is 1. The van der Waals surface area contributed by atoms with E-state index < -0.39 is 6.04 Å². The van der Waals surface area contributed by atoms with Crippen LogP contribution in [0.25, 0.3) is 6.08 Å². The number of rotatable bonds is 8. The molecular formula is C23H34N4O3. The van der Waals surface area contributed by atoms with Gasteiger partial charge in [-0.25, -0.2) is 0 Å². The summed E-state index contributed by atoms with van der Waals surface area (Å²) in [6.07, 6.45) is 4.28. The first kappa shape index (κ1) is 22.5. The predicted octanol–water partition coefficient (Wildman–Crippen LogP) is 1.12. The quantitative estimate of drug-likeness (QED) is 0.667. The molecule has 2 aliphatic heterocycles. The lowest BCUT2D eigenvalue weighted by molar-refractivity contribution is -0.133. The monoisotopic (exact) mass is 414 g/mol. The molecule has 2 fully saturated rings. The first-order valence-corrected chi connectivity index (χ1v) is 10.8. The number of morpholine rings is 1. The van der Waals surface area contributed by atoms with E-state index in [9.17, 15) is 9.59 Å². The molecule has 7 nitrogen and oxygen atoms in total. The van der Waals surface area contributed by atoms with Gasteiger partial charge in [0.05, 0.1) is 25.7 Å². The highest BCUT2D eigenvalue weighted by Crippen LogP contribution is 2.16. The Labute approximate surface area is 179 Å². The summed E-state index contributed by atoms with van der Waals surface area (Å²) >= 11 is 0. The Kier molecular flexibility index (Phi) is 8.01. The summed E-state index contributed by atoms with van der Waals surface area (Å²) in [5.41, 5.74) is 0.977. The lowest BCUT2D eigenvalue weighted by Crippen LogP contribution is -2.58. The predicted molar refractivity (Wildman–Crippen MR) is 118 cm³/mol. The fraction of sp³-hybridized carbons (Fsp3) is 0.565. The van der Waals surface area contributed by atoms with Crippen LogP contribution in [0.5, 0.6) is 0 Å². The molecule has 3 rings (SSSR count). The van der Waals surface area contributed by atoms with Crippen molar-refractivity contribution in [2.45, 2.75) is 31.8 Å². The minimum absolute atomic E-state index is 0.0723. The normalized spacial score (nSPS) is 21.5. The van der Waals surface area contributed by atoms with Gasteiger partial charge in [0.2, 0.25) is 11.8 Å². The maximum Gasteiger partial charge on any atom is 0.237 e. The second kappa shape index (κ2) is 10.7. The highest BCUT2D eigenvalue weighted by atomic mass is 16.5.